The van der Waals surface area contributed by atoms with Crippen LogP contribution in [0.25, 0.3) is 10.9 Å². The van der Waals surface area contributed by atoms with Crippen LogP contribution in [-0.4, -0.2) is 26.0 Å². The van der Waals surface area contributed by atoms with Gasteiger partial charge in [-0.25, -0.2) is 4.98 Å². The largest absolute Gasteiger partial charge is 0.360 e. The second kappa shape index (κ2) is 7.05. The van der Waals surface area contributed by atoms with Gasteiger partial charge in [-0.05, 0) is 19.4 Å². The normalized spacial score (nSPS) is 12.4. The van der Waals surface area contributed by atoms with Crippen molar-refractivity contribution >= 4 is 28.4 Å². The first-order valence-corrected chi connectivity index (χ1v) is 8.83. The van der Waals surface area contributed by atoms with Crippen molar-refractivity contribution in [2.45, 2.75) is 37.1 Å². The molecule has 0 radical (unpaired) electrons. The predicted molar refractivity (Wildman–Crippen MR) is 96.8 cm³/mol. The summed E-state index contributed by atoms with van der Waals surface area (Å²) in [6.07, 6.45) is 3.42. The average Bonchev–Trinajstić information content (AvgIpc) is 2.98. The number of nitrogens with one attached hydrogen (secondary N) is 2. The van der Waals surface area contributed by atoms with Crippen molar-refractivity contribution in [3.05, 3.63) is 58.1 Å². The molecule has 0 aliphatic rings. The SMILES string of the molecule is CCCc1cc(=O)[nH]c(SC(C)C(=O)c2c[nH]c3ccccc23)n1. The lowest BCUT2D eigenvalue weighted by atomic mass is 10.1. The molecule has 5 nitrogen and oxygen atoms in total. The van der Waals surface area contributed by atoms with E-state index in [1.165, 1.54) is 17.8 Å². The molecule has 0 aliphatic heterocycles. The van der Waals surface area contributed by atoms with Crippen LogP contribution < -0.4 is 5.56 Å². The van der Waals surface area contributed by atoms with Crippen LogP contribution in [-0.2, 0) is 6.42 Å². The molecular formula is C18H19N3O2S. The van der Waals surface area contributed by atoms with E-state index >= 15 is 0 Å². The number of aryl methyl sites for hydroxylation is 1. The molecular weight excluding hydrogens is 322 g/mol. The molecule has 0 amide bonds. The highest BCUT2D eigenvalue weighted by atomic mass is 32.2. The fourth-order valence-electron chi connectivity index (χ4n) is 2.64. The molecule has 2 heterocycles. The summed E-state index contributed by atoms with van der Waals surface area (Å²) in [5.74, 6) is 0.0148. The maximum Gasteiger partial charge on any atom is 0.251 e. The molecule has 1 aromatic carbocycles. The fourth-order valence-corrected chi connectivity index (χ4v) is 3.54. The Morgan fingerprint density at radius 3 is 2.92 bits per heavy atom. The molecule has 6 heteroatoms. The number of H-pyrrole nitrogens is 2. The smallest absolute Gasteiger partial charge is 0.251 e. The topological polar surface area (TPSA) is 78.6 Å². The number of hydrogen-bond acceptors (Lipinski definition) is 4. The molecule has 3 rings (SSSR count). The summed E-state index contributed by atoms with van der Waals surface area (Å²) >= 11 is 1.28. The number of nitrogens with zero attached hydrogens (tertiary/aromatic N) is 1. The van der Waals surface area contributed by atoms with E-state index in [0.29, 0.717) is 10.7 Å². The number of carbonyl (C=O) groups excluding carboxylic acids is 1. The first kappa shape index (κ1) is 16.5. The van der Waals surface area contributed by atoms with Crippen LogP contribution in [0.5, 0.6) is 0 Å². The predicted octanol–water partition coefficient (Wildman–Crippen LogP) is 3.57. The van der Waals surface area contributed by atoms with Gasteiger partial charge in [0, 0.05) is 34.4 Å². The van der Waals surface area contributed by atoms with Crippen LogP contribution in [0.3, 0.4) is 0 Å². The summed E-state index contributed by atoms with van der Waals surface area (Å²) in [6.45, 7) is 3.88. The minimum atomic E-state index is -0.343. The summed E-state index contributed by atoms with van der Waals surface area (Å²) in [5, 5.41) is 1.06. The lowest BCUT2D eigenvalue weighted by Crippen LogP contribution is -2.16. The number of carbonyl (C=O) groups is 1. The second-order valence-corrected chi connectivity index (χ2v) is 6.99. The molecule has 3 aromatic rings. The Morgan fingerprint density at radius 1 is 1.33 bits per heavy atom. The zero-order valence-corrected chi connectivity index (χ0v) is 14.4. The second-order valence-electron chi connectivity index (χ2n) is 5.66. The molecule has 0 spiro atoms. The number of hydrogen-bond donors (Lipinski definition) is 2. The van der Waals surface area contributed by atoms with Gasteiger partial charge in [-0.3, -0.25) is 9.59 Å². The van der Waals surface area contributed by atoms with E-state index in [9.17, 15) is 9.59 Å². The number of para-hydroxylation sites is 1. The van der Waals surface area contributed by atoms with E-state index in [2.05, 4.69) is 15.0 Å². The molecule has 1 unspecified atom stereocenters. The van der Waals surface area contributed by atoms with Gasteiger partial charge in [-0.15, -0.1) is 0 Å². The monoisotopic (exact) mass is 341 g/mol. The zero-order valence-electron chi connectivity index (χ0n) is 13.6. The van der Waals surface area contributed by atoms with E-state index in [-0.39, 0.29) is 16.6 Å². The summed E-state index contributed by atoms with van der Waals surface area (Å²) in [5.41, 5.74) is 2.19. The van der Waals surface area contributed by atoms with Gasteiger partial charge in [0.15, 0.2) is 10.9 Å². The van der Waals surface area contributed by atoms with Gasteiger partial charge in [0.1, 0.15) is 0 Å². The maximum absolute atomic E-state index is 12.8. The first-order valence-electron chi connectivity index (χ1n) is 7.95. The van der Waals surface area contributed by atoms with E-state index < -0.39 is 0 Å². The number of aromatic amines is 2. The van der Waals surface area contributed by atoms with Crippen molar-refractivity contribution in [1.82, 2.24) is 15.0 Å². The molecule has 0 fully saturated rings. The van der Waals surface area contributed by atoms with Crippen molar-refractivity contribution in [2.24, 2.45) is 0 Å². The van der Waals surface area contributed by atoms with Gasteiger partial charge in [0.25, 0.3) is 5.56 Å². The third-order valence-electron chi connectivity index (χ3n) is 3.79. The number of thioether (sulfide) groups is 1. The van der Waals surface area contributed by atoms with E-state index in [1.54, 1.807) is 6.20 Å². The van der Waals surface area contributed by atoms with Gasteiger partial charge >= 0.3 is 0 Å². The van der Waals surface area contributed by atoms with Crippen molar-refractivity contribution in [1.29, 1.82) is 0 Å². The van der Waals surface area contributed by atoms with Crippen molar-refractivity contribution in [2.75, 3.05) is 0 Å². The number of fused-ring (bicyclic) bond motifs is 1. The molecule has 0 saturated carbocycles. The quantitative estimate of drug-likeness (QED) is 0.408. The van der Waals surface area contributed by atoms with Gasteiger partial charge < -0.3 is 9.97 Å². The molecule has 2 N–H and O–H groups in total. The first-order chi connectivity index (χ1) is 11.6. The molecule has 0 saturated heterocycles. The highest BCUT2D eigenvalue weighted by Crippen LogP contribution is 2.26. The average molecular weight is 341 g/mol. The van der Waals surface area contributed by atoms with E-state index in [4.69, 9.17) is 0 Å². The number of aromatic nitrogens is 3. The number of Topliss-reactive ketones (excluding diaryl/α,β-unsaturated/α-hetero) is 1. The van der Waals surface area contributed by atoms with Gasteiger partial charge in [0.05, 0.1) is 5.25 Å². The molecule has 0 bridgehead atoms. The Balaban J connectivity index is 1.83. The maximum atomic E-state index is 12.8. The van der Waals surface area contributed by atoms with Crippen LogP contribution in [0.1, 0.15) is 36.3 Å². The summed E-state index contributed by atoms with van der Waals surface area (Å²) < 4.78 is 0. The zero-order chi connectivity index (χ0) is 17.1. The van der Waals surface area contributed by atoms with Crippen molar-refractivity contribution in [3.63, 3.8) is 0 Å². The van der Waals surface area contributed by atoms with Gasteiger partial charge in [-0.2, -0.15) is 0 Å². The van der Waals surface area contributed by atoms with E-state index in [0.717, 1.165) is 29.4 Å². The van der Waals surface area contributed by atoms with Gasteiger partial charge in [-0.1, -0.05) is 43.3 Å². The van der Waals surface area contributed by atoms with E-state index in [1.807, 2.05) is 38.1 Å². The number of benzene rings is 1. The van der Waals surface area contributed by atoms with Crippen LogP contribution in [0.15, 0.2) is 46.5 Å². The number of rotatable bonds is 6. The summed E-state index contributed by atoms with van der Waals surface area (Å²) in [4.78, 5) is 34.8. The summed E-state index contributed by atoms with van der Waals surface area (Å²) in [7, 11) is 0. The Hall–Kier alpha value is -2.34. The molecule has 2 aromatic heterocycles. The minimum Gasteiger partial charge on any atom is -0.360 e. The molecule has 124 valence electrons. The third-order valence-corrected chi connectivity index (χ3v) is 4.78. The van der Waals surface area contributed by atoms with Crippen LogP contribution in [0, 0.1) is 0 Å². The minimum absolute atomic E-state index is 0.0148. The van der Waals surface area contributed by atoms with Gasteiger partial charge in [0.2, 0.25) is 0 Å². The summed E-state index contributed by atoms with van der Waals surface area (Å²) in [6, 6.07) is 9.23. The fraction of sp³-hybridized carbons (Fsp3) is 0.278. The van der Waals surface area contributed by atoms with Crippen LogP contribution in [0.4, 0.5) is 0 Å². The molecule has 24 heavy (non-hydrogen) atoms. The standard InChI is InChI=1S/C18H19N3O2S/c1-3-6-12-9-16(22)21-18(20-12)24-11(2)17(23)14-10-19-15-8-5-4-7-13(14)15/h4-5,7-11,19H,3,6H2,1-2H3,(H,20,21,22). The Labute approximate surface area is 143 Å². The highest BCUT2D eigenvalue weighted by molar-refractivity contribution is 8.00. The van der Waals surface area contributed by atoms with Crippen LogP contribution in [0.2, 0.25) is 0 Å². The number of ketones is 1. The molecule has 1 atom stereocenters. The van der Waals surface area contributed by atoms with Crippen molar-refractivity contribution in [3.8, 4) is 0 Å². The third kappa shape index (κ3) is 3.43. The van der Waals surface area contributed by atoms with Crippen molar-refractivity contribution < 1.29 is 4.79 Å². The Bertz CT molecular complexity index is 929. The lowest BCUT2D eigenvalue weighted by molar-refractivity contribution is 0.0995. The Morgan fingerprint density at radius 2 is 2.12 bits per heavy atom. The molecule has 0 aliphatic carbocycles. The Kier molecular flexibility index (Phi) is 4.85. The van der Waals surface area contributed by atoms with Crippen LogP contribution >= 0.6 is 11.8 Å². The highest BCUT2D eigenvalue weighted by Gasteiger charge is 2.20. The lowest BCUT2D eigenvalue weighted by Gasteiger charge is -2.09.